The van der Waals surface area contributed by atoms with E-state index >= 15 is 0 Å². The first-order valence-electron chi connectivity index (χ1n) is 9.83. The van der Waals surface area contributed by atoms with Crippen molar-refractivity contribution in [3.05, 3.63) is 59.5 Å². The second kappa shape index (κ2) is 9.30. The van der Waals surface area contributed by atoms with Crippen molar-refractivity contribution in [3.63, 3.8) is 0 Å². The molecule has 0 aliphatic heterocycles. The number of benzene rings is 1. The molecule has 158 valence electrons. The molecule has 1 aromatic carbocycles. The maximum absolute atomic E-state index is 12.1. The summed E-state index contributed by atoms with van der Waals surface area (Å²) >= 11 is 0. The number of carbonyl (C=O) groups excluding carboxylic acids is 1. The third-order valence-electron chi connectivity index (χ3n) is 4.75. The standard InChI is InChI=1S/C22H28N6O2/c1-15(2)28-22(9-10-25-28)27-16(3)11-18(17(27)4)13-24-26-21(29)14-23-19-7-6-8-20(12-19)30-5/h6-13,15,23H,14H2,1-5H3,(H,26,29)/b24-13-. The molecule has 8 heteroatoms. The van der Waals surface area contributed by atoms with E-state index < -0.39 is 0 Å². The number of anilines is 1. The van der Waals surface area contributed by atoms with E-state index in [-0.39, 0.29) is 18.5 Å². The average Bonchev–Trinajstić information content (AvgIpc) is 3.31. The molecule has 3 rings (SSSR count). The van der Waals surface area contributed by atoms with E-state index in [9.17, 15) is 4.79 Å². The van der Waals surface area contributed by atoms with Gasteiger partial charge in [0.05, 0.1) is 26.1 Å². The monoisotopic (exact) mass is 408 g/mol. The molecule has 2 N–H and O–H groups in total. The molecule has 0 fully saturated rings. The number of rotatable bonds is 8. The van der Waals surface area contributed by atoms with Crippen LogP contribution in [0.5, 0.6) is 5.75 Å². The number of aromatic nitrogens is 3. The minimum absolute atomic E-state index is 0.108. The summed E-state index contributed by atoms with van der Waals surface area (Å²) in [5, 5.41) is 11.6. The first-order valence-corrected chi connectivity index (χ1v) is 9.83. The molecular weight excluding hydrogens is 380 g/mol. The number of hydrogen-bond donors (Lipinski definition) is 2. The normalized spacial score (nSPS) is 11.3. The second-order valence-corrected chi connectivity index (χ2v) is 7.27. The summed E-state index contributed by atoms with van der Waals surface area (Å²) in [5.74, 6) is 1.50. The Labute approximate surface area is 176 Å². The van der Waals surface area contributed by atoms with Crippen LogP contribution >= 0.6 is 0 Å². The first kappa shape index (κ1) is 21.2. The molecule has 0 aliphatic carbocycles. The van der Waals surface area contributed by atoms with Crippen molar-refractivity contribution in [2.24, 2.45) is 5.10 Å². The van der Waals surface area contributed by atoms with Crippen molar-refractivity contribution < 1.29 is 9.53 Å². The summed E-state index contributed by atoms with van der Waals surface area (Å²) < 4.78 is 9.29. The molecule has 0 aliphatic rings. The van der Waals surface area contributed by atoms with Crippen LogP contribution in [0.2, 0.25) is 0 Å². The van der Waals surface area contributed by atoms with Gasteiger partial charge in [0, 0.05) is 40.8 Å². The number of carbonyl (C=O) groups is 1. The van der Waals surface area contributed by atoms with Crippen LogP contribution < -0.4 is 15.5 Å². The van der Waals surface area contributed by atoms with Crippen LogP contribution in [-0.4, -0.2) is 40.1 Å². The summed E-state index contributed by atoms with van der Waals surface area (Å²) in [6.07, 6.45) is 3.47. The summed E-state index contributed by atoms with van der Waals surface area (Å²) in [5.41, 5.74) is 6.40. The van der Waals surface area contributed by atoms with Gasteiger partial charge in [0.2, 0.25) is 0 Å². The molecule has 0 atom stereocenters. The van der Waals surface area contributed by atoms with Gasteiger partial charge in [0.25, 0.3) is 5.91 Å². The zero-order valence-electron chi connectivity index (χ0n) is 18.0. The lowest BCUT2D eigenvalue weighted by Gasteiger charge is -2.15. The van der Waals surface area contributed by atoms with Gasteiger partial charge in [-0.05, 0) is 45.9 Å². The smallest absolute Gasteiger partial charge is 0.259 e. The van der Waals surface area contributed by atoms with Gasteiger partial charge >= 0.3 is 0 Å². The Bertz CT molecular complexity index is 1050. The Balaban J connectivity index is 1.64. The topological polar surface area (TPSA) is 85.5 Å². The van der Waals surface area contributed by atoms with Crippen LogP contribution in [0, 0.1) is 13.8 Å². The highest BCUT2D eigenvalue weighted by Crippen LogP contribution is 2.21. The van der Waals surface area contributed by atoms with Crippen molar-refractivity contribution >= 4 is 17.8 Å². The van der Waals surface area contributed by atoms with Crippen molar-refractivity contribution in [1.82, 2.24) is 19.8 Å². The number of methoxy groups -OCH3 is 1. The molecule has 0 spiro atoms. The van der Waals surface area contributed by atoms with Gasteiger partial charge in [-0.15, -0.1) is 0 Å². The van der Waals surface area contributed by atoms with Crippen LogP contribution in [-0.2, 0) is 4.79 Å². The molecule has 8 nitrogen and oxygen atoms in total. The molecule has 1 amide bonds. The molecule has 0 saturated heterocycles. The molecule has 0 bridgehead atoms. The SMILES string of the molecule is COc1cccc(NCC(=O)N/N=C\c2cc(C)n(-c3ccnn3C(C)C)c2C)c1. The zero-order chi connectivity index (χ0) is 21.7. The summed E-state index contributed by atoms with van der Waals surface area (Å²) in [6.45, 7) is 8.37. The van der Waals surface area contributed by atoms with Gasteiger partial charge in [-0.3, -0.25) is 4.79 Å². The minimum Gasteiger partial charge on any atom is -0.497 e. The van der Waals surface area contributed by atoms with Gasteiger partial charge in [0.15, 0.2) is 0 Å². The molecule has 2 aromatic heterocycles. The fourth-order valence-electron chi connectivity index (χ4n) is 3.28. The van der Waals surface area contributed by atoms with Crippen molar-refractivity contribution in [1.29, 1.82) is 0 Å². The lowest BCUT2D eigenvalue weighted by Crippen LogP contribution is -2.25. The average molecular weight is 409 g/mol. The Morgan fingerprint density at radius 3 is 2.80 bits per heavy atom. The summed E-state index contributed by atoms with van der Waals surface area (Å²) in [6, 6.07) is 11.7. The van der Waals surface area contributed by atoms with Crippen molar-refractivity contribution in [2.45, 2.75) is 33.7 Å². The van der Waals surface area contributed by atoms with Crippen LogP contribution in [0.1, 0.15) is 36.8 Å². The lowest BCUT2D eigenvalue weighted by atomic mass is 10.3. The van der Waals surface area contributed by atoms with Gasteiger partial charge in [-0.2, -0.15) is 10.2 Å². The summed E-state index contributed by atoms with van der Waals surface area (Å²) in [7, 11) is 1.61. The maximum Gasteiger partial charge on any atom is 0.259 e. The maximum atomic E-state index is 12.1. The molecule has 2 heterocycles. The number of nitrogens with zero attached hydrogens (tertiary/aromatic N) is 4. The quantitative estimate of drug-likeness (QED) is 0.442. The highest BCUT2D eigenvalue weighted by Gasteiger charge is 2.14. The second-order valence-electron chi connectivity index (χ2n) is 7.27. The number of hydrazone groups is 1. The molecular formula is C22H28N6O2. The zero-order valence-corrected chi connectivity index (χ0v) is 18.0. The van der Waals surface area contributed by atoms with Gasteiger partial charge in [-0.1, -0.05) is 6.07 Å². The molecule has 3 aromatic rings. The van der Waals surface area contributed by atoms with Crippen molar-refractivity contribution in [3.8, 4) is 11.6 Å². The fraction of sp³-hybridized carbons (Fsp3) is 0.318. The van der Waals surface area contributed by atoms with E-state index in [0.29, 0.717) is 0 Å². The third kappa shape index (κ3) is 4.71. The van der Waals surface area contributed by atoms with E-state index in [2.05, 4.69) is 39.4 Å². The van der Waals surface area contributed by atoms with Crippen LogP contribution in [0.4, 0.5) is 5.69 Å². The number of aryl methyl sites for hydroxylation is 1. The van der Waals surface area contributed by atoms with Crippen LogP contribution in [0.25, 0.3) is 5.82 Å². The highest BCUT2D eigenvalue weighted by atomic mass is 16.5. The first-order chi connectivity index (χ1) is 14.4. The highest BCUT2D eigenvalue weighted by molar-refractivity contribution is 5.85. The predicted molar refractivity (Wildman–Crippen MR) is 119 cm³/mol. The van der Waals surface area contributed by atoms with Crippen LogP contribution in [0.3, 0.4) is 0 Å². The molecule has 30 heavy (non-hydrogen) atoms. The molecule has 0 radical (unpaired) electrons. The lowest BCUT2D eigenvalue weighted by molar-refractivity contribution is -0.119. The van der Waals surface area contributed by atoms with E-state index in [1.807, 2.05) is 54.9 Å². The third-order valence-corrected chi connectivity index (χ3v) is 4.75. The predicted octanol–water partition coefficient (Wildman–Crippen LogP) is 3.44. The van der Waals surface area contributed by atoms with E-state index in [1.54, 1.807) is 19.5 Å². The minimum atomic E-state index is -0.235. The Morgan fingerprint density at radius 2 is 2.07 bits per heavy atom. The van der Waals surface area contributed by atoms with Crippen LogP contribution in [0.15, 0.2) is 47.7 Å². The number of amides is 1. The molecule has 0 saturated carbocycles. The number of nitrogens with one attached hydrogen (secondary N) is 2. The number of hydrogen-bond acceptors (Lipinski definition) is 5. The van der Waals surface area contributed by atoms with Gasteiger partial charge in [0.1, 0.15) is 11.6 Å². The van der Waals surface area contributed by atoms with E-state index in [0.717, 1.165) is 34.2 Å². The fourth-order valence-corrected chi connectivity index (χ4v) is 3.28. The van der Waals surface area contributed by atoms with E-state index in [1.165, 1.54) is 0 Å². The number of ether oxygens (including phenoxy) is 1. The van der Waals surface area contributed by atoms with Gasteiger partial charge in [-0.25, -0.2) is 10.1 Å². The molecule has 0 unspecified atom stereocenters. The van der Waals surface area contributed by atoms with E-state index in [4.69, 9.17) is 4.74 Å². The Morgan fingerprint density at radius 1 is 1.27 bits per heavy atom. The largest absolute Gasteiger partial charge is 0.497 e. The van der Waals surface area contributed by atoms with Crippen molar-refractivity contribution in [2.75, 3.05) is 19.0 Å². The van der Waals surface area contributed by atoms with Gasteiger partial charge < -0.3 is 14.6 Å². The Kier molecular flexibility index (Phi) is 6.56. The summed E-state index contributed by atoms with van der Waals surface area (Å²) in [4.78, 5) is 12.1. The Hall–Kier alpha value is -3.55.